The number of unbranched alkanes of at least 4 members (excludes halogenated alkanes) is 1. The summed E-state index contributed by atoms with van der Waals surface area (Å²) in [5, 5.41) is 4.27. The average molecular weight is 615 g/mol. The quantitative estimate of drug-likeness (QED) is 0.126. The summed E-state index contributed by atoms with van der Waals surface area (Å²) in [7, 11) is 0. The van der Waals surface area contributed by atoms with Gasteiger partial charge in [0.15, 0.2) is 0 Å². The summed E-state index contributed by atoms with van der Waals surface area (Å²) in [5.74, 6) is -0.362. The van der Waals surface area contributed by atoms with Crippen LogP contribution in [0.4, 0.5) is 0 Å². The number of aryl methyl sites for hydroxylation is 1. The fraction of sp³-hybridized carbons (Fsp3) is 0.317. The van der Waals surface area contributed by atoms with Crippen molar-refractivity contribution in [3.8, 4) is 11.1 Å². The van der Waals surface area contributed by atoms with Gasteiger partial charge in [0.1, 0.15) is 0 Å². The Morgan fingerprint density at radius 3 is 2.26 bits per heavy atom. The zero-order valence-electron chi connectivity index (χ0n) is 28.2. The number of esters is 1. The van der Waals surface area contributed by atoms with E-state index >= 15 is 0 Å². The second-order valence-electron chi connectivity index (χ2n) is 13.3. The molecule has 1 atom stereocenters. The van der Waals surface area contributed by atoms with E-state index in [1.54, 1.807) is 0 Å². The molecule has 0 radical (unpaired) electrons. The van der Waals surface area contributed by atoms with Crippen LogP contribution >= 0.6 is 0 Å². The predicted octanol–water partition coefficient (Wildman–Crippen LogP) is 9.72. The fourth-order valence-electron chi connectivity index (χ4n) is 5.90. The Morgan fingerprint density at radius 2 is 1.59 bits per heavy atom. The topological polar surface area (TPSA) is 60.3 Å². The molecule has 238 valence electrons. The number of hydrogen-bond acceptors (Lipinski definition) is 3. The van der Waals surface area contributed by atoms with Crippen molar-refractivity contribution in [3.63, 3.8) is 0 Å². The highest BCUT2D eigenvalue weighted by Crippen LogP contribution is 2.30. The van der Waals surface area contributed by atoms with E-state index in [4.69, 9.17) is 4.74 Å². The van der Waals surface area contributed by atoms with Crippen molar-refractivity contribution < 1.29 is 14.3 Å². The van der Waals surface area contributed by atoms with Gasteiger partial charge in [0.05, 0.1) is 18.2 Å². The van der Waals surface area contributed by atoms with Gasteiger partial charge < -0.3 is 14.6 Å². The van der Waals surface area contributed by atoms with Gasteiger partial charge in [-0.3, -0.25) is 4.79 Å². The van der Waals surface area contributed by atoms with E-state index in [1.807, 2.05) is 43.3 Å². The molecule has 1 heterocycles. The largest absolute Gasteiger partial charge is 0.462 e. The first-order valence-electron chi connectivity index (χ1n) is 16.3. The third-order valence-electron chi connectivity index (χ3n) is 9.01. The first-order chi connectivity index (χ1) is 22.0. The van der Waals surface area contributed by atoms with E-state index < -0.39 is 0 Å². The number of aromatic nitrogens is 1. The van der Waals surface area contributed by atoms with Crippen molar-refractivity contribution in [2.24, 2.45) is 0 Å². The molecule has 46 heavy (non-hydrogen) atoms. The number of amides is 1. The van der Waals surface area contributed by atoms with E-state index in [-0.39, 0.29) is 23.3 Å². The normalized spacial score (nSPS) is 12.2. The Kier molecular flexibility index (Phi) is 9.81. The van der Waals surface area contributed by atoms with Crippen molar-refractivity contribution >= 4 is 22.8 Å². The van der Waals surface area contributed by atoms with Gasteiger partial charge in [0.25, 0.3) is 5.91 Å². The molecule has 1 aromatic heterocycles. The molecule has 5 nitrogen and oxygen atoms in total. The lowest BCUT2D eigenvalue weighted by molar-refractivity contribution is 0.0500. The molecule has 5 rings (SSSR count). The van der Waals surface area contributed by atoms with E-state index in [1.165, 1.54) is 16.8 Å². The van der Waals surface area contributed by atoms with Crippen molar-refractivity contribution in [2.75, 3.05) is 6.61 Å². The number of benzene rings is 4. The highest BCUT2D eigenvalue weighted by molar-refractivity contribution is 5.99. The van der Waals surface area contributed by atoms with Crippen LogP contribution in [0.5, 0.6) is 0 Å². The number of ether oxygens (including phenoxy) is 1. The van der Waals surface area contributed by atoms with Gasteiger partial charge in [-0.15, -0.1) is 0 Å². The standard InChI is InChI=1S/C41H46N2O3/c1-8-9-24-46-40(45)36-13-11-10-12-35(36)32-16-14-30(15-17-32)26-43-29(4)27(2)37-25-33(20-23-38(37)43)39(44)42-28(3)31-18-21-34(22-19-31)41(5,6)7/h10-23,25,28H,8-9,24,26H2,1-7H3,(H,42,44)/t28-/m0/s1. The SMILES string of the molecule is CCCCOC(=O)c1ccccc1-c1ccc(Cn2c(C)c(C)c3cc(C(=O)N[C@@H](C)c4ccc(C(C)(C)C)cc4)ccc32)cc1. The van der Waals surface area contributed by atoms with Gasteiger partial charge in [-0.05, 0) is 90.3 Å². The molecule has 0 saturated carbocycles. The molecule has 0 aliphatic carbocycles. The Morgan fingerprint density at radius 1 is 0.891 bits per heavy atom. The second-order valence-corrected chi connectivity index (χ2v) is 13.3. The highest BCUT2D eigenvalue weighted by Gasteiger charge is 2.18. The third-order valence-corrected chi connectivity index (χ3v) is 9.01. The number of hydrogen-bond donors (Lipinski definition) is 1. The van der Waals surface area contributed by atoms with E-state index in [0.717, 1.165) is 46.0 Å². The van der Waals surface area contributed by atoms with Crippen LogP contribution in [0, 0.1) is 13.8 Å². The molecule has 0 bridgehead atoms. The molecule has 0 aliphatic heterocycles. The van der Waals surface area contributed by atoms with E-state index in [0.29, 0.717) is 24.3 Å². The number of carbonyl (C=O) groups is 2. The molecule has 1 amide bonds. The van der Waals surface area contributed by atoms with Gasteiger partial charge in [-0.1, -0.05) is 101 Å². The smallest absolute Gasteiger partial charge is 0.338 e. The summed E-state index contributed by atoms with van der Waals surface area (Å²) in [6, 6.07) is 30.4. The third kappa shape index (κ3) is 7.09. The number of carbonyl (C=O) groups excluding carboxylic acids is 2. The highest BCUT2D eigenvalue weighted by atomic mass is 16.5. The lowest BCUT2D eigenvalue weighted by Gasteiger charge is -2.21. The zero-order valence-corrected chi connectivity index (χ0v) is 28.2. The second kappa shape index (κ2) is 13.8. The first-order valence-corrected chi connectivity index (χ1v) is 16.3. The maximum absolute atomic E-state index is 13.3. The Bertz CT molecular complexity index is 1840. The fourth-order valence-corrected chi connectivity index (χ4v) is 5.90. The van der Waals surface area contributed by atoms with E-state index in [2.05, 4.69) is 106 Å². The van der Waals surface area contributed by atoms with Crippen molar-refractivity contribution in [1.29, 1.82) is 0 Å². The molecule has 0 spiro atoms. The van der Waals surface area contributed by atoms with Crippen LogP contribution in [0.2, 0.25) is 0 Å². The Balaban J connectivity index is 1.32. The molecule has 0 fully saturated rings. The summed E-state index contributed by atoms with van der Waals surface area (Å²) < 4.78 is 7.80. The first kappa shape index (κ1) is 32.7. The minimum absolute atomic E-state index is 0.0794. The average Bonchev–Trinajstić information content (AvgIpc) is 3.29. The molecule has 1 N–H and O–H groups in total. The Hall–Kier alpha value is -4.64. The van der Waals surface area contributed by atoms with Gasteiger partial charge in [-0.25, -0.2) is 4.79 Å². The van der Waals surface area contributed by atoms with Crippen LogP contribution in [0.25, 0.3) is 22.0 Å². The van der Waals surface area contributed by atoms with Crippen LogP contribution in [-0.2, 0) is 16.7 Å². The molecule has 0 saturated heterocycles. The van der Waals surface area contributed by atoms with Gasteiger partial charge in [0.2, 0.25) is 0 Å². The molecular weight excluding hydrogens is 568 g/mol. The molecule has 5 aromatic rings. The van der Waals surface area contributed by atoms with Gasteiger partial charge in [0, 0.05) is 28.7 Å². The number of fused-ring (bicyclic) bond motifs is 1. The van der Waals surface area contributed by atoms with Crippen molar-refractivity contribution in [2.45, 2.75) is 79.3 Å². The van der Waals surface area contributed by atoms with Crippen LogP contribution in [-0.4, -0.2) is 23.1 Å². The summed E-state index contributed by atoms with van der Waals surface area (Å²) in [6.45, 7) is 16.1. The molecule has 0 unspecified atom stereocenters. The van der Waals surface area contributed by atoms with Crippen LogP contribution < -0.4 is 5.32 Å². The summed E-state index contributed by atoms with van der Waals surface area (Å²) in [6.07, 6.45) is 1.84. The predicted molar refractivity (Wildman–Crippen MR) is 189 cm³/mol. The van der Waals surface area contributed by atoms with Crippen molar-refractivity contribution in [1.82, 2.24) is 9.88 Å². The van der Waals surface area contributed by atoms with Crippen LogP contribution in [0.3, 0.4) is 0 Å². The maximum atomic E-state index is 13.3. The van der Waals surface area contributed by atoms with Gasteiger partial charge in [-0.2, -0.15) is 0 Å². The minimum atomic E-state index is -0.282. The lowest BCUT2D eigenvalue weighted by Crippen LogP contribution is -2.26. The molecular formula is C41H46N2O3. The number of nitrogens with zero attached hydrogens (tertiary/aromatic N) is 1. The number of rotatable bonds is 10. The molecule has 4 aromatic carbocycles. The summed E-state index contributed by atoms with van der Waals surface area (Å²) in [4.78, 5) is 26.1. The summed E-state index contributed by atoms with van der Waals surface area (Å²) >= 11 is 0. The Labute approximate surface area is 273 Å². The molecule has 0 aliphatic rings. The summed E-state index contributed by atoms with van der Waals surface area (Å²) in [5.41, 5.74) is 10.1. The van der Waals surface area contributed by atoms with Gasteiger partial charge >= 0.3 is 5.97 Å². The van der Waals surface area contributed by atoms with Crippen LogP contribution in [0.1, 0.15) is 102 Å². The lowest BCUT2D eigenvalue weighted by atomic mass is 9.86. The number of nitrogens with one attached hydrogen (secondary N) is 1. The maximum Gasteiger partial charge on any atom is 0.338 e. The zero-order chi connectivity index (χ0) is 33.0. The van der Waals surface area contributed by atoms with Crippen molar-refractivity contribution in [3.05, 3.63) is 130 Å². The van der Waals surface area contributed by atoms with E-state index in [9.17, 15) is 9.59 Å². The van der Waals surface area contributed by atoms with Crippen LogP contribution in [0.15, 0.2) is 91.0 Å². The minimum Gasteiger partial charge on any atom is -0.462 e. The molecule has 5 heteroatoms. The monoisotopic (exact) mass is 614 g/mol.